The van der Waals surface area contributed by atoms with Crippen LogP contribution in [-0.2, 0) is 12.4 Å². The number of fused-ring (bicyclic) bond motifs is 15. The normalized spacial score (nSPS) is 12.4. The summed E-state index contributed by atoms with van der Waals surface area (Å²) in [6, 6.07) is 99.1. The molecule has 0 radical (unpaired) electrons. The van der Waals surface area contributed by atoms with Crippen LogP contribution in [0.3, 0.4) is 0 Å². The van der Waals surface area contributed by atoms with E-state index in [0.29, 0.717) is 45.9 Å². The zero-order chi connectivity index (χ0) is 65.7. The summed E-state index contributed by atoms with van der Waals surface area (Å²) in [5.41, 5.74) is 12.9. The fraction of sp³-hybridized carbons (Fsp3) is 0.0233. The van der Waals surface area contributed by atoms with Crippen molar-refractivity contribution in [2.75, 3.05) is 0 Å². The first-order chi connectivity index (χ1) is 47.9. The Morgan fingerprint density at radius 2 is 0.663 bits per heavy atom. The third kappa shape index (κ3) is 8.90. The minimum Gasteiger partial charge on any atom is -0.309 e. The number of alkyl halides is 6. The molecule has 466 valence electrons. The Labute approximate surface area is 555 Å². The summed E-state index contributed by atoms with van der Waals surface area (Å²) < 4.78 is 99.4. The van der Waals surface area contributed by atoms with E-state index >= 15 is 13.2 Å². The average Bonchev–Trinajstić information content (AvgIpc) is 1.47. The molecule has 0 aliphatic rings. The molecular formula is C86H50F6N6. The lowest BCUT2D eigenvalue weighted by Gasteiger charge is -2.19. The van der Waals surface area contributed by atoms with E-state index in [9.17, 15) is 13.2 Å². The molecule has 0 fully saturated rings. The molecule has 0 spiro atoms. The van der Waals surface area contributed by atoms with E-state index in [4.69, 9.17) is 9.97 Å². The first-order valence-electron chi connectivity index (χ1n) is 32.3. The van der Waals surface area contributed by atoms with Crippen LogP contribution >= 0.6 is 0 Å². The van der Waals surface area contributed by atoms with Crippen molar-refractivity contribution in [2.24, 2.45) is 0 Å². The Bertz CT molecular complexity index is 6240. The number of hydrogen-bond acceptors (Lipinski definition) is 2. The minimum atomic E-state index is -5.07. The largest absolute Gasteiger partial charge is 0.417 e. The molecule has 14 aromatic carbocycles. The quantitative estimate of drug-likeness (QED) is 0.112. The van der Waals surface area contributed by atoms with Crippen LogP contribution < -0.4 is 0 Å². The van der Waals surface area contributed by atoms with Crippen molar-refractivity contribution in [3.63, 3.8) is 0 Å². The summed E-state index contributed by atoms with van der Waals surface area (Å²) >= 11 is 0. The molecular weight excluding hydrogens is 1230 g/mol. The van der Waals surface area contributed by atoms with Crippen LogP contribution in [0.5, 0.6) is 0 Å². The second kappa shape index (κ2) is 21.5. The van der Waals surface area contributed by atoms with Crippen molar-refractivity contribution in [2.45, 2.75) is 12.4 Å². The van der Waals surface area contributed by atoms with Crippen LogP contribution in [0.2, 0.25) is 0 Å². The van der Waals surface area contributed by atoms with Crippen LogP contribution in [-0.4, -0.2) is 28.2 Å². The fourth-order valence-corrected chi connectivity index (χ4v) is 15.2. The molecule has 12 heteroatoms. The predicted octanol–water partition coefficient (Wildman–Crippen LogP) is 23.9. The van der Waals surface area contributed by atoms with Gasteiger partial charge in [0.1, 0.15) is 0 Å². The minimum absolute atomic E-state index is 0.226. The van der Waals surface area contributed by atoms with Gasteiger partial charge in [-0.1, -0.05) is 176 Å². The topological polar surface area (TPSA) is 45.5 Å². The second-order valence-electron chi connectivity index (χ2n) is 25.1. The Balaban J connectivity index is 0.890. The molecule has 5 aromatic heterocycles. The van der Waals surface area contributed by atoms with Gasteiger partial charge in [-0.15, -0.1) is 0 Å². The number of para-hydroxylation sites is 6. The molecule has 0 N–H and O–H groups in total. The summed E-state index contributed by atoms with van der Waals surface area (Å²) in [6.45, 7) is 0. The number of benzene rings is 14. The highest BCUT2D eigenvalue weighted by Gasteiger charge is 2.38. The van der Waals surface area contributed by atoms with E-state index in [1.165, 1.54) is 0 Å². The molecule has 0 aliphatic carbocycles. The summed E-state index contributed by atoms with van der Waals surface area (Å²) in [5, 5.41) is 10.4. The highest BCUT2D eigenvalue weighted by molar-refractivity contribution is 6.17. The van der Waals surface area contributed by atoms with Gasteiger partial charge in [0.25, 0.3) is 0 Å². The summed E-state index contributed by atoms with van der Waals surface area (Å²) in [4.78, 5) is 9.90. The van der Waals surface area contributed by atoms with E-state index in [0.717, 1.165) is 126 Å². The van der Waals surface area contributed by atoms with Gasteiger partial charge < -0.3 is 18.3 Å². The summed E-state index contributed by atoms with van der Waals surface area (Å²) in [5.74, 6) is -0.510. The van der Waals surface area contributed by atoms with Crippen LogP contribution in [0.4, 0.5) is 26.3 Å². The van der Waals surface area contributed by atoms with E-state index in [-0.39, 0.29) is 11.2 Å². The van der Waals surface area contributed by atoms with Gasteiger partial charge in [-0.2, -0.15) is 26.3 Å². The van der Waals surface area contributed by atoms with Gasteiger partial charge in [-0.3, -0.25) is 0 Å². The molecule has 19 rings (SSSR count). The molecule has 0 saturated heterocycles. The molecule has 0 aliphatic heterocycles. The van der Waals surface area contributed by atoms with Crippen molar-refractivity contribution in [1.82, 2.24) is 28.2 Å². The Morgan fingerprint density at radius 1 is 0.255 bits per heavy atom. The van der Waals surface area contributed by atoms with E-state index < -0.39 is 34.9 Å². The van der Waals surface area contributed by atoms with Gasteiger partial charge in [0.2, 0.25) is 0 Å². The van der Waals surface area contributed by atoms with Crippen molar-refractivity contribution in [3.05, 3.63) is 314 Å². The molecule has 0 bridgehead atoms. The number of hydrogen-bond donors (Lipinski definition) is 0. The molecule has 0 amide bonds. The van der Waals surface area contributed by atoms with E-state index in [2.05, 4.69) is 194 Å². The highest BCUT2D eigenvalue weighted by Crippen LogP contribution is 2.46. The predicted molar refractivity (Wildman–Crippen MR) is 386 cm³/mol. The smallest absolute Gasteiger partial charge is 0.309 e. The van der Waals surface area contributed by atoms with Gasteiger partial charge in [-0.25, -0.2) is 9.97 Å². The van der Waals surface area contributed by atoms with Crippen molar-refractivity contribution >= 4 is 109 Å². The maximum absolute atomic E-state index is 15.4. The molecule has 0 saturated carbocycles. The number of halogens is 6. The second-order valence-corrected chi connectivity index (χ2v) is 25.1. The molecule has 0 unspecified atom stereocenters. The van der Waals surface area contributed by atoms with Gasteiger partial charge in [0.15, 0.2) is 5.82 Å². The third-order valence-electron chi connectivity index (χ3n) is 19.6. The monoisotopic (exact) mass is 1280 g/mol. The summed E-state index contributed by atoms with van der Waals surface area (Å²) in [6.07, 6.45) is -10.0. The zero-order valence-electron chi connectivity index (χ0n) is 51.8. The first kappa shape index (κ1) is 57.0. The number of aromatic nitrogens is 6. The summed E-state index contributed by atoms with van der Waals surface area (Å²) in [7, 11) is 0. The number of nitrogens with zero attached hydrogens (tertiary/aromatic N) is 6. The van der Waals surface area contributed by atoms with Gasteiger partial charge in [0, 0.05) is 82.4 Å². The lowest BCUT2D eigenvalue weighted by Crippen LogP contribution is -2.12. The van der Waals surface area contributed by atoms with Crippen LogP contribution in [0.25, 0.3) is 177 Å². The third-order valence-corrected chi connectivity index (χ3v) is 19.6. The Hall–Kier alpha value is -12.5. The number of rotatable bonds is 8. The molecule has 5 heterocycles. The Kier molecular flexibility index (Phi) is 12.5. The molecule has 98 heavy (non-hydrogen) atoms. The van der Waals surface area contributed by atoms with Gasteiger partial charge in [-0.05, 0) is 160 Å². The standard InChI is InChI=1S/C86H50F6N6/c87-85(88,89)57-36-39-72(86(90,91)92)71(49-57)84-93-73-40-33-51-17-7-8-22-62(51)82(73)83(94-84)56-43-60(97-74-27-13-9-23-63(74)67-37-31-54(47-80(67)97)52-34-41-78-69(45-52)65-25-11-15-29-76(65)95(78)58-18-3-1-4-19-58)50-61(44-56)98-75-28-14-10-24-64(75)68-38-32-55(48-81(68)98)53-35-42-79-70(46-53)66-26-12-16-30-77(66)96(79)59-20-5-2-6-21-59/h1-50H. The molecule has 0 atom stereocenters. The van der Waals surface area contributed by atoms with Crippen molar-refractivity contribution < 1.29 is 26.3 Å². The SMILES string of the molecule is FC(F)(F)c1ccc(C(F)(F)F)c(-c2nc(-c3cc(-n4c5ccccc5c5ccc(-c6ccc7c(c6)c6ccccc6n7-c6ccccc6)cc54)cc(-n4c5ccccc5c5ccc(-c6ccc7c(c6)c6ccccc6n7-c6ccccc6)cc54)c3)c3c(ccc4ccccc43)n2)c1. The Morgan fingerprint density at radius 3 is 1.15 bits per heavy atom. The fourth-order valence-electron chi connectivity index (χ4n) is 15.2. The van der Waals surface area contributed by atoms with E-state index in [1.807, 2.05) is 103 Å². The van der Waals surface area contributed by atoms with Crippen LogP contribution in [0.15, 0.2) is 303 Å². The molecule has 19 aromatic rings. The maximum atomic E-state index is 15.4. The lowest BCUT2D eigenvalue weighted by atomic mass is 9.97. The van der Waals surface area contributed by atoms with Crippen LogP contribution in [0.1, 0.15) is 11.1 Å². The molecule has 6 nitrogen and oxygen atoms in total. The van der Waals surface area contributed by atoms with Gasteiger partial charge >= 0.3 is 12.4 Å². The van der Waals surface area contributed by atoms with Crippen molar-refractivity contribution in [1.29, 1.82) is 0 Å². The average molecular weight is 1280 g/mol. The lowest BCUT2D eigenvalue weighted by molar-refractivity contribution is -0.141. The van der Waals surface area contributed by atoms with Crippen molar-refractivity contribution in [3.8, 4) is 67.6 Å². The van der Waals surface area contributed by atoms with Gasteiger partial charge in [0.05, 0.1) is 66.5 Å². The zero-order valence-corrected chi connectivity index (χ0v) is 51.8. The highest BCUT2D eigenvalue weighted by atomic mass is 19.4. The van der Waals surface area contributed by atoms with Crippen LogP contribution in [0, 0.1) is 0 Å². The maximum Gasteiger partial charge on any atom is 0.417 e. The van der Waals surface area contributed by atoms with E-state index in [1.54, 1.807) is 6.07 Å². The first-order valence-corrected chi connectivity index (χ1v) is 32.3.